The second kappa shape index (κ2) is 9.48. The molecule has 0 amide bonds. The Morgan fingerprint density at radius 2 is 1.88 bits per heavy atom. The van der Waals surface area contributed by atoms with E-state index in [0.717, 1.165) is 51.5 Å². The smallest absolute Gasteiger partial charge is 0.0702 e. The quantitative estimate of drug-likeness (QED) is 0.685. The zero-order chi connectivity index (χ0) is 16.8. The van der Waals surface area contributed by atoms with Crippen molar-refractivity contribution >= 4 is 0 Å². The van der Waals surface area contributed by atoms with Crippen molar-refractivity contribution in [2.45, 2.75) is 63.7 Å². The maximum Gasteiger partial charge on any atom is 0.0702 e. The lowest BCUT2D eigenvalue weighted by molar-refractivity contribution is 0.0510. The summed E-state index contributed by atoms with van der Waals surface area (Å²) in [7, 11) is 0. The average molecular weight is 340 g/mol. The monoisotopic (exact) mass is 339 g/mol. The molecular formula is C19H37N3O2. The summed E-state index contributed by atoms with van der Waals surface area (Å²) in [5.74, 6) is 0.727. The van der Waals surface area contributed by atoms with Gasteiger partial charge >= 0.3 is 0 Å². The molecule has 3 unspecified atom stereocenters. The van der Waals surface area contributed by atoms with Gasteiger partial charge in [0.05, 0.1) is 12.2 Å². The van der Waals surface area contributed by atoms with Crippen molar-refractivity contribution in [3.8, 4) is 0 Å². The molecule has 3 aliphatic rings. The summed E-state index contributed by atoms with van der Waals surface area (Å²) >= 11 is 0. The Labute approximate surface area is 147 Å². The van der Waals surface area contributed by atoms with Crippen LogP contribution in [0.3, 0.4) is 0 Å². The van der Waals surface area contributed by atoms with Gasteiger partial charge in [-0.1, -0.05) is 6.92 Å². The number of piperidine rings is 2. The number of ether oxygens (including phenoxy) is 1. The molecule has 3 aliphatic heterocycles. The molecule has 2 N–H and O–H groups in total. The van der Waals surface area contributed by atoms with E-state index >= 15 is 0 Å². The first-order chi connectivity index (χ1) is 11.7. The number of aliphatic hydroxyl groups is 1. The topological polar surface area (TPSA) is 48.0 Å². The van der Waals surface area contributed by atoms with Crippen molar-refractivity contribution in [2.75, 3.05) is 52.4 Å². The van der Waals surface area contributed by atoms with E-state index in [2.05, 4.69) is 22.0 Å². The first-order valence-corrected chi connectivity index (χ1v) is 10.2. The molecule has 5 heteroatoms. The highest BCUT2D eigenvalue weighted by molar-refractivity contribution is 4.84. The lowest BCUT2D eigenvalue weighted by Gasteiger charge is -2.38. The van der Waals surface area contributed by atoms with E-state index < -0.39 is 0 Å². The molecule has 5 nitrogen and oxygen atoms in total. The van der Waals surface area contributed by atoms with Crippen LogP contribution in [0.4, 0.5) is 0 Å². The zero-order valence-electron chi connectivity index (χ0n) is 15.5. The van der Waals surface area contributed by atoms with Crippen LogP contribution >= 0.6 is 0 Å². The summed E-state index contributed by atoms with van der Waals surface area (Å²) in [6.45, 7) is 11.4. The van der Waals surface area contributed by atoms with E-state index in [1.807, 2.05) is 0 Å². The number of rotatable bonds is 7. The van der Waals surface area contributed by atoms with Crippen LogP contribution in [0.2, 0.25) is 0 Å². The van der Waals surface area contributed by atoms with Crippen LogP contribution in [0.25, 0.3) is 0 Å². The Hall–Kier alpha value is -0.200. The molecule has 24 heavy (non-hydrogen) atoms. The van der Waals surface area contributed by atoms with Gasteiger partial charge in [-0.3, -0.25) is 0 Å². The number of nitrogens with zero attached hydrogens (tertiary/aromatic N) is 2. The van der Waals surface area contributed by atoms with Crippen molar-refractivity contribution in [2.24, 2.45) is 5.92 Å². The van der Waals surface area contributed by atoms with Gasteiger partial charge in [0.25, 0.3) is 0 Å². The lowest BCUT2D eigenvalue weighted by atomic mass is 9.93. The highest BCUT2D eigenvalue weighted by Gasteiger charge is 2.28. The zero-order valence-corrected chi connectivity index (χ0v) is 15.5. The van der Waals surface area contributed by atoms with E-state index in [1.165, 1.54) is 45.3 Å². The molecule has 0 saturated carbocycles. The van der Waals surface area contributed by atoms with Gasteiger partial charge in [0.2, 0.25) is 0 Å². The number of hydrogen-bond acceptors (Lipinski definition) is 5. The van der Waals surface area contributed by atoms with Gasteiger partial charge in [-0.05, 0) is 64.1 Å². The summed E-state index contributed by atoms with van der Waals surface area (Å²) in [4.78, 5) is 5.11. The Morgan fingerprint density at radius 1 is 1.08 bits per heavy atom. The third kappa shape index (κ3) is 5.67. The van der Waals surface area contributed by atoms with Crippen LogP contribution in [0.1, 0.15) is 45.4 Å². The predicted octanol–water partition coefficient (Wildman–Crippen LogP) is 1.31. The number of likely N-dealkylation sites (tertiary alicyclic amines) is 2. The van der Waals surface area contributed by atoms with Crippen molar-refractivity contribution in [3.05, 3.63) is 0 Å². The molecular weight excluding hydrogens is 302 g/mol. The SMILES string of the molecule is CC1CN(CC2CCCO2)CCC1NCCCN1CCC(O)CC1. The molecule has 0 aliphatic carbocycles. The normalized spacial score (nSPS) is 34.0. The van der Waals surface area contributed by atoms with Crippen molar-refractivity contribution in [3.63, 3.8) is 0 Å². The molecule has 0 spiro atoms. The standard InChI is InChI=1S/C19H37N3O2/c1-16-14-22(15-18-4-2-13-24-18)12-7-19(16)20-8-3-9-21-10-5-17(23)6-11-21/h16-20,23H,2-15H2,1H3. The van der Waals surface area contributed by atoms with Crippen molar-refractivity contribution < 1.29 is 9.84 Å². The van der Waals surface area contributed by atoms with Gasteiger partial charge in [-0.2, -0.15) is 0 Å². The molecule has 0 aromatic rings. The largest absolute Gasteiger partial charge is 0.393 e. The van der Waals surface area contributed by atoms with E-state index in [1.54, 1.807) is 0 Å². The first-order valence-electron chi connectivity index (χ1n) is 10.2. The van der Waals surface area contributed by atoms with Gasteiger partial charge in [-0.25, -0.2) is 0 Å². The fourth-order valence-corrected chi connectivity index (χ4v) is 4.51. The Balaban J connectivity index is 1.26. The minimum Gasteiger partial charge on any atom is -0.393 e. The van der Waals surface area contributed by atoms with E-state index in [0.29, 0.717) is 12.1 Å². The third-order valence-electron chi connectivity index (χ3n) is 6.09. The number of hydrogen-bond donors (Lipinski definition) is 2. The van der Waals surface area contributed by atoms with Crippen molar-refractivity contribution in [1.29, 1.82) is 0 Å². The van der Waals surface area contributed by atoms with Gasteiger partial charge in [-0.15, -0.1) is 0 Å². The summed E-state index contributed by atoms with van der Waals surface area (Å²) in [6.07, 6.45) is 7.32. The third-order valence-corrected chi connectivity index (χ3v) is 6.09. The number of nitrogens with one attached hydrogen (secondary N) is 1. The van der Waals surface area contributed by atoms with Crippen LogP contribution in [0.5, 0.6) is 0 Å². The Kier molecular flexibility index (Phi) is 7.35. The van der Waals surface area contributed by atoms with Gasteiger partial charge in [0, 0.05) is 38.8 Å². The minimum absolute atomic E-state index is 0.0555. The highest BCUT2D eigenvalue weighted by atomic mass is 16.5. The van der Waals surface area contributed by atoms with E-state index in [-0.39, 0.29) is 6.10 Å². The lowest BCUT2D eigenvalue weighted by Crippen LogP contribution is -2.50. The molecule has 140 valence electrons. The summed E-state index contributed by atoms with van der Waals surface area (Å²) in [5.41, 5.74) is 0. The highest BCUT2D eigenvalue weighted by Crippen LogP contribution is 2.20. The van der Waals surface area contributed by atoms with Crippen LogP contribution < -0.4 is 5.32 Å². The average Bonchev–Trinajstić information content (AvgIpc) is 3.08. The molecule has 3 rings (SSSR count). The van der Waals surface area contributed by atoms with Crippen molar-refractivity contribution in [1.82, 2.24) is 15.1 Å². The van der Waals surface area contributed by atoms with Crippen LogP contribution in [0.15, 0.2) is 0 Å². The molecule has 0 radical (unpaired) electrons. The Bertz CT molecular complexity index is 355. The molecule has 3 atom stereocenters. The maximum absolute atomic E-state index is 9.56. The van der Waals surface area contributed by atoms with Gasteiger partial charge in [0.15, 0.2) is 0 Å². The Morgan fingerprint density at radius 3 is 2.58 bits per heavy atom. The van der Waals surface area contributed by atoms with E-state index in [9.17, 15) is 5.11 Å². The molecule has 3 fully saturated rings. The molecule has 0 aromatic heterocycles. The fraction of sp³-hybridized carbons (Fsp3) is 1.00. The minimum atomic E-state index is -0.0555. The molecule has 3 saturated heterocycles. The van der Waals surface area contributed by atoms with Crippen LogP contribution in [0, 0.1) is 5.92 Å². The van der Waals surface area contributed by atoms with Crippen LogP contribution in [-0.4, -0.2) is 85.6 Å². The molecule has 3 heterocycles. The molecule has 0 bridgehead atoms. The summed E-state index contributed by atoms with van der Waals surface area (Å²) in [6, 6.07) is 0.675. The van der Waals surface area contributed by atoms with Gasteiger partial charge < -0.3 is 25.0 Å². The first kappa shape index (κ1) is 18.6. The number of aliphatic hydroxyl groups excluding tert-OH is 1. The second-order valence-corrected chi connectivity index (χ2v) is 8.15. The van der Waals surface area contributed by atoms with E-state index in [4.69, 9.17) is 4.74 Å². The summed E-state index contributed by atoms with van der Waals surface area (Å²) < 4.78 is 5.78. The fourth-order valence-electron chi connectivity index (χ4n) is 4.51. The van der Waals surface area contributed by atoms with Crippen LogP contribution in [-0.2, 0) is 4.74 Å². The summed E-state index contributed by atoms with van der Waals surface area (Å²) in [5, 5.41) is 13.4. The maximum atomic E-state index is 9.56. The second-order valence-electron chi connectivity index (χ2n) is 8.15. The molecule has 0 aromatic carbocycles. The van der Waals surface area contributed by atoms with Gasteiger partial charge in [0.1, 0.15) is 0 Å². The predicted molar refractivity (Wildman–Crippen MR) is 97.3 cm³/mol.